The largest absolute Gasteiger partial charge is 0.507 e. The minimum atomic E-state index is -0.146. The molecule has 0 aliphatic carbocycles. The maximum atomic E-state index is 10.3. The van der Waals surface area contributed by atoms with Gasteiger partial charge in [-0.05, 0) is 79.1 Å². The van der Waals surface area contributed by atoms with Crippen molar-refractivity contribution < 1.29 is 20.4 Å². The molecule has 0 amide bonds. The molecule has 0 unspecified atom stereocenters. The van der Waals surface area contributed by atoms with Crippen LogP contribution < -0.4 is 0 Å². The Morgan fingerprint density at radius 2 is 0.893 bits per heavy atom. The average Bonchev–Trinajstić information content (AvgIpc) is 2.61. The molecule has 146 valence electrons. The lowest BCUT2D eigenvalue weighted by Crippen LogP contribution is -1.96. The van der Waals surface area contributed by atoms with Gasteiger partial charge in [-0.15, -0.1) is 0 Å². The van der Waals surface area contributed by atoms with Crippen LogP contribution in [0.15, 0.2) is 36.4 Å². The number of phenols is 4. The molecule has 4 N–H and O–H groups in total. The molecule has 0 heterocycles. The molecule has 0 bridgehead atoms. The fraction of sp³-hybridized carbons (Fsp3) is 0.250. The predicted molar refractivity (Wildman–Crippen MR) is 111 cm³/mol. The van der Waals surface area contributed by atoms with Gasteiger partial charge >= 0.3 is 0 Å². The zero-order valence-corrected chi connectivity index (χ0v) is 16.7. The first kappa shape index (κ1) is 19.6. The summed E-state index contributed by atoms with van der Waals surface area (Å²) in [6, 6.07) is 11.1. The highest BCUT2D eigenvalue weighted by Crippen LogP contribution is 2.34. The van der Waals surface area contributed by atoms with Crippen LogP contribution in [0.2, 0.25) is 0 Å². The number of phenolic OH excluding ortho intramolecular Hbond substituents is 4. The lowest BCUT2D eigenvalue weighted by atomic mass is 9.95. The van der Waals surface area contributed by atoms with Crippen LogP contribution in [0.25, 0.3) is 0 Å². The summed E-state index contributed by atoms with van der Waals surface area (Å²) in [6.45, 7) is 7.41. The van der Waals surface area contributed by atoms with Gasteiger partial charge in [0.1, 0.15) is 11.5 Å². The standard InChI is InChI=1S/C24H26O4/c1-13-5-17(6-14(2)22(13)26)9-19-11-20(24(28)21(25)12-19)10-18-7-15(3)23(27)16(4)8-18/h5-8,11-12,25-28H,9-10H2,1-4H3. The van der Waals surface area contributed by atoms with E-state index in [9.17, 15) is 20.4 Å². The fourth-order valence-electron chi connectivity index (χ4n) is 3.73. The molecule has 0 aliphatic rings. The van der Waals surface area contributed by atoms with Crippen LogP contribution in [0.5, 0.6) is 23.0 Å². The Hall–Kier alpha value is -3.14. The second kappa shape index (κ2) is 7.47. The first-order chi connectivity index (χ1) is 13.2. The van der Waals surface area contributed by atoms with E-state index in [1.54, 1.807) is 6.07 Å². The number of rotatable bonds is 4. The zero-order chi connectivity index (χ0) is 20.6. The molecule has 3 rings (SSSR count). The summed E-state index contributed by atoms with van der Waals surface area (Å²) in [6.07, 6.45) is 1.03. The van der Waals surface area contributed by atoms with Crippen molar-refractivity contribution in [2.75, 3.05) is 0 Å². The topological polar surface area (TPSA) is 80.9 Å². The second-order valence-corrected chi connectivity index (χ2v) is 7.63. The molecule has 0 atom stereocenters. The van der Waals surface area contributed by atoms with Crippen LogP contribution in [-0.2, 0) is 12.8 Å². The third kappa shape index (κ3) is 3.91. The minimum Gasteiger partial charge on any atom is -0.507 e. The molecular weight excluding hydrogens is 352 g/mol. The van der Waals surface area contributed by atoms with E-state index in [0.29, 0.717) is 24.2 Å². The predicted octanol–water partition coefficient (Wildman–Crippen LogP) is 4.92. The molecule has 0 saturated heterocycles. The Labute approximate surface area is 165 Å². The van der Waals surface area contributed by atoms with Gasteiger partial charge in [-0.25, -0.2) is 0 Å². The van der Waals surface area contributed by atoms with Gasteiger partial charge in [0.25, 0.3) is 0 Å². The monoisotopic (exact) mass is 378 g/mol. The van der Waals surface area contributed by atoms with Gasteiger partial charge in [-0.1, -0.05) is 30.3 Å². The number of hydrogen-bond donors (Lipinski definition) is 4. The van der Waals surface area contributed by atoms with Gasteiger partial charge in [0, 0.05) is 12.0 Å². The van der Waals surface area contributed by atoms with E-state index < -0.39 is 0 Å². The van der Waals surface area contributed by atoms with Crippen molar-refractivity contribution in [1.82, 2.24) is 0 Å². The number of aromatic hydroxyl groups is 4. The quantitative estimate of drug-likeness (QED) is 0.486. The number of aryl methyl sites for hydroxylation is 4. The molecule has 3 aromatic carbocycles. The average molecular weight is 378 g/mol. The second-order valence-electron chi connectivity index (χ2n) is 7.63. The molecule has 0 saturated carbocycles. The van der Waals surface area contributed by atoms with E-state index in [-0.39, 0.29) is 17.2 Å². The van der Waals surface area contributed by atoms with Crippen molar-refractivity contribution in [2.45, 2.75) is 40.5 Å². The van der Waals surface area contributed by atoms with E-state index >= 15 is 0 Å². The number of hydrogen-bond acceptors (Lipinski definition) is 4. The minimum absolute atomic E-state index is 0.120. The van der Waals surface area contributed by atoms with Crippen LogP contribution in [0.1, 0.15) is 44.5 Å². The molecule has 3 aromatic rings. The lowest BCUT2D eigenvalue weighted by molar-refractivity contribution is 0.399. The number of benzene rings is 3. The zero-order valence-electron chi connectivity index (χ0n) is 16.7. The normalized spacial score (nSPS) is 11.0. The van der Waals surface area contributed by atoms with Crippen LogP contribution in [0.4, 0.5) is 0 Å². The molecule has 0 spiro atoms. The van der Waals surface area contributed by atoms with E-state index in [1.807, 2.05) is 58.0 Å². The Morgan fingerprint density at radius 3 is 1.36 bits per heavy atom. The Morgan fingerprint density at radius 1 is 0.500 bits per heavy atom. The Bertz CT molecular complexity index is 1000. The van der Waals surface area contributed by atoms with Gasteiger partial charge in [0.05, 0.1) is 0 Å². The van der Waals surface area contributed by atoms with Gasteiger partial charge in [0.15, 0.2) is 11.5 Å². The maximum absolute atomic E-state index is 10.3. The molecule has 0 aliphatic heterocycles. The highest BCUT2D eigenvalue weighted by molar-refractivity contribution is 5.52. The molecular formula is C24H26O4. The third-order valence-corrected chi connectivity index (χ3v) is 5.13. The van der Waals surface area contributed by atoms with Crippen molar-refractivity contribution >= 4 is 0 Å². The summed E-state index contributed by atoms with van der Waals surface area (Å²) in [4.78, 5) is 0. The van der Waals surface area contributed by atoms with E-state index in [4.69, 9.17) is 0 Å². The Kier molecular flexibility index (Phi) is 5.23. The van der Waals surface area contributed by atoms with Crippen LogP contribution in [-0.4, -0.2) is 20.4 Å². The van der Waals surface area contributed by atoms with Crippen LogP contribution >= 0.6 is 0 Å². The van der Waals surface area contributed by atoms with Gasteiger partial charge in [0.2, 0.25) is 0 Å². The molecule has 4 heteroatoms. The maximum Gasteiger partial charge on any atom is 0.161 e. The van der Waals surface area contributed by atoms with E-state index in [1.165, 1.54) is 0 Å². The summed E-state index contributed by atoms with van der Waals surface area (Å²) in [5.41, 5.74) is 6.68. The highest BCUT2D eigenvalue weighted by atomic mass is 16.3. The fourth-order valence-corrected chi connectivity index (χ4v) is 3.73. The molecule has 0 fully saturated rings. The van der Waals surface area contributed by atoms with Gasteiger partial charge < -0.3 is 20.4 Å². The SMILES string of the molecule is Cc1cc(Cc2cc(O)c(O)c(Cc3cc(C)c(O)c(C)c3)c2)cc(C)c1O. The summed E-state index contributed by atoms with van der Waals surface area (Å²) in [5, 5.41) is 40.5. The van der Waals surface area contributed by atoms with Crippen LogP contribution in [0, 0.1) is 27.7 Å². The van der Waals surface area contributed by atoms with Gasteiger partial charge in [-0.2, -0.15) is 0 Å². The van der Waals surface area contributed by atoms with Crippen molar-refractivity contribution in [1.29, 1.82) is 0 Å². The first-order valence-corrected chi connectivity index (χ1v) is 9.27. The smallest absolute Gasteiger partial charge is 0.161 e. The van der Waals surface area contributed by atoms with Crippen molar-refractivity contribution in [3.63, 3.8) is 0 Å². The van der Waals surface area contributed by atoms with Gasteiger partial charge in [-0.3, -0.25) is 0 Å². The summed E-state index contributed by atoms with van der Waals surface area (Å²) >= 11 is 0. The highest BCUT2D eigenvalue weighted by Gasteiger charge is 2.13. The lowest BCUT2D eigenvalue weighted by Gasteiger charge is -2.13. The molecule has 0 radical (unpaired) electrons. The van der Waals surface area contributed by atoms with Crippen molar-refractivity contribution in [3.8, 4) is 23.0 Å². The van der Waals surface area contributed by atoms with E-state index in [2.05, 4.69) is 0 Å². The van der Waals surface area contributed by atoms with E-state index in [0.717, 1.165) is 38.9 Å². The third-order valence-electron chi connectivity index (χ3n) is 5.13. The molecule has 28 heavy (non-hydrogen) atoms. The molecule has 4 nitrogen and oxygen atoms in total. The summed E-state index contributed by atoms with van der Waals surface area (Å²) in [5.74, 6) is 0.316. The summed E-state index contributed by atoms with van der Waals surface area (Å²) < 4.78 is 0. The van der Waals surface area contributed by atoms with Crippen molar-refractivity contribution in [2.24, 2.45) is 0 Å². The molecule has 0 aromatic heterocycles. The van der Waals surface area contributed by atoms with Crippen molar-refractivity contribution in [3.05, 3.63) is 80.9 Å². The summed E-state index contributed by atoms with van der Waals surface area (Å²) in [7, 11) is 0. The van der Waals surface area contributed by atoms with Crippen LogP contribution in [0.3, 0.4) is 0 Å². The first-order valence-electron chi connectivity index (χ1n) is 9.27. The Balaban J connectivity index is 1.95.